The molecule has 5 nitrogen and oxygen atoms in total. The minimum absolute atomic E-state index is 0.0443. The van der Waals surface area contributed by atoms with Gasteiger partial charge in [0.05, 0.1) is 0 Å². The van der Waals surface area contributed by atoms with Crippen LogP contribution in [-0.2, 0) is 21.5 Å². The van der Waals surface area contributed by atoms with Crippen LogP contribution in [-0.4, -0.2) is 35.9 Å². The van der Waals surface area contributed by atoms with E-state index in [1.165, 1.54) is 10.5 Å². The van der Waals surface area contributed by atoms with Gasteiger partial charge in [0.15, 0.2) is 6.61 Å². The molecule has 2 aromatic carbocycles. The normalized spacial score (nSPS) is 12.2. The third-order valence-corrected chi connectivity index (χ3v) is 5.56. The van der Waals surface area contributed by atoms with Crippen LogP contribution in [0.1, 0.15) is 58.6 Å². The van der Waals surface area contributed by atoms with E-state index in [4.69, 9.17) is 16.3 Å². The third-order valence-electron chi connectivity index (χ3n) is 5.32. The summed E-state index contributed by atoms with van der Waals surface area (Å²) >= 11 is 6.11. The fraction of sp³-hybridized carbons (Fsp3) is 0.462. The third kappa shape index (κ3) is 7.86. The maximum Gasteiger partial charge on any atom is 0.261 e. The smallest absolute Gasteiger partial charge is 0.261 e. The Morgan fingerprint density at radius 2 is 1.81 bits per heavy atom. The van der Waals surface area contributed by atoms with Crippen molar-refractivity contribution in [2.45, 2.75) is 65.5 Å². The van der Waals surface area contributed by atoms with Gasteiger partial charge < -0.3 is 15.0 Å². The van der Waals surface area contributed by atoms with Gasteiger partial charge in [-0.3, -0.25) is 9.59 Å². The van der Waals surface area contributed by atoms with Crippen LogP contribution in [0.5, 0.6) is 5.75 Å². The van der Waals surface area contributed by atoms with E-state index in [9.17, 15) is 9.59 Å². The fourth-order valence-electron chi connectivity index (χ4n) is 3.23. The van der Waals surface area contributed by atoms with E-state index in [-0.39, 0.29) is 30.4 Å². The van der Waals surface area contributed by atoms with Crippen LogP contribution in [0.4, 0.5) is 0 Å². The van der Waals surface area contributed by atoms with Gasteiger partial charge in [-0.25, -0.2) is 0 Å². The first kappa shape index (κ1) is 25.7. The number of carbonyl (C=O) groups is 2. The highest BCUT2D eigenvalue weighted by Crippen LogP contribution is 2.24. The van der Waals surface area contributed by atoms with E-state index in [2.05, 4.69) is 33.0 Å². The second kappa shape index (κ2) is 11.9. The summed E-state index contributed by atoms with van der Waals surface area (Å²) in [4.78, 5) is 27.3. The molecule has 0 saturated heterocycles. The minimum atomic E-state index is -0.634. The molecule has 174 valence electrons. The Balaban J connectivity index is 2.11. The predicted molar refractivity (Wildman–Crippen MR) is 130 cm³/mol. The number of unbranched alkanes of at least 4 members (excludes halogenated alkanes) is 1. The molecule has 2 aromatic rings. The first-order valence-corrected chi connectivity index (χ1v) is 11.5. The van der Waals surface area contributed by atoms with E-state index in [1.54, 1.807) is 19.1 Å². The molecule has 2 rings (SSSR count). The molecule has 32 heavy (non-hydrogen) atoms. The molecule has 0 unspecified atom stereocenters. The van der Waals surface area contributed by atoms with Crippen LogP contribution in [0.15, 0.2) is 48.5 Å². The molecule has 2 amide bonds. The molecular weight excluding hydrogens is 424 g/mol. The van der Waals surface area contributed by atoms with Crippen molar-refractivity contribution in [1.82, 2.24) is 10.2 Å². The molecule has 0 aliphatic heterocycles. The molecule has 0 bridgehead atoms. The van der Waals surface area contributed by atoms with Crippen molar-refractivity contribution in [3.8, 4) is 5.75 Å². The number of ether oxygens (including phenoxy) is 1. The number of amides is 2. The SMILES string of the molecule is CCCCNC(=O)[C@H](C)N(Cc1cccc(Cl)c1)C(=O)COc1ccc(C(C)(C)C)cc1. The predicted octanol–water partition coefficient (Wildman–Crippen LogP) is 5.35. The zero-order chi connectivity index (χ0) is 23.7. The average molecular weight is 459 g/mol. The molecular formula is C26H35ClN2O3. The van der Waals surface area contributed by atoms with E-state index >= 15 is 0 Å². The number of benzene rings is 2. The Morgan fingerprint density at radius 1 is 1.12 bits per heavy atom. The molecule has 1 N–H and O–H groups in total. The molecule has 0 aliphatic carbocycles. The standard InChI is InChI=1S/C26H35ClN2O3/c1-6-7-15-28-25(31)19(2)29(17-20-9-8-10-22(27)16-20)24(30)18-32-23-13-11-21(12-14-23)26(3,4)5/h8-14,16,19H,6-7,15,17-18H2,1-5H3,(H,28,31)/t19-/m0/s1. The number of nitrogens with zero attached hydrogens (tertiary/aromatic N) is 1. The molecule has 0 heterocycles. The Hall–Kier alpha value is -2.53. The second-order valence-corrected chi connectivity index (χ2v) is 9.47. The lowest BCUT2D eigenvalue weighted by molar-refractivity contribution is -0.142. The van der Waals surface area contributed by atoms with Crippen LogP contribution in [0.2, 0.25) is 5.02 Å². The van der Waals surface area contributed by atoms with Gasteiger partial charge in [0.25, 0.3) is 5.91 Å². The monoisotopic (exact) mass is 458 g/mol. The number of halogens is 1. The first-order chi connectivity index (χ1) is 15.1. The Morgan fingerprint density at radius 3 is 2.41 bits per heavy atom. The topological polar surface area (TPSA) is 58.6 Å². The molecule has 0 fully saturated rings. The van der Waals surface area contributed by atoms with Gasteiger partial charge in [-0.15, -0.1) is 0 Å². The van der Waals surface area contributed by atoms with Crippen molar-refractivity contribution in [3.05, 3.63) is 64.7 Å². The van der Waals surface area contributed by atoms with Crippen LogP contribution in [0.3, 0.4) is 0 Å². The van der Waals surface area contributed by atoms with Crippen LogP contribution in [0, 0.1) is 0 Å². The van der Waals surface area contributed by atoms with Gasteiger partial charge in [-0.05, 0) is 54.2 Å². The highest BCUT2D eigenvalue weighted by Gasteiger charge is 2.26. The van der Waals surface area contributed by atoms with Crippen LogP contribution in [0.25, 0.3) is 0 Å². The van der Waals surface area contributed by atoms with Crippen molar-refractivity contribution in [2.75, 3.05) is 13.2 Å². The Kier molecular flexibility index (Phi) is 9.58. The second-order valence-electron chi connectivity index (χ2n) is 9.04. The number of carbonyl (C=O) groups excluding carboxylic acids is 2. The summed E-state index contributed by atoms with van der Waals surface area (Å²) in [5.74, 6) is 0.181. The van der Waals surface area contributed by atoms with Crippen molar-refractivity contribution < 1.29 is 14.3 Å². The van der Waals surface area contributed by atoms with E-state index in [1.807, 2.05) is 36.4 Å². The largest absolute Gasteiger partial charge is 0.484 e. The minimum Gasteiger partial charge on any atom is -0.484 e. The molecule has 0 aromatic heterocycles. The first-order valence-electron chi connectivity index (χ1n) is 11.2. The lowest BCUT2D eigenvalue weighted by atomic mass is 9.87. The van der Waals surface area contributed by atoms with Crippen molar-refractivity contribution in [3.63, 3.8) is 0 Å². The Labute approximate surface area is 197 Å². The van der Waals surface area contributed by atoms with Gasteiger partial charge >= 0.3 is 0 Å². The molecule has 0 radical (unpaired) electrons. The van der Waals surface area contributed by atoms with Gasteiger partial charge in [0.1, 0.15) is 11.8 Å². The highest BCUT2D eigenvalue weighted by atomic mass is 35.5. The summed E-state index contributed by atoms with van der Waals surface area (Å²) in [6, 6.07) is 14.4. The number of nitrogens with one attached hydrogen (secondary N) is 1. The Bertz CT molecular complexity index is 891. The zero-order valence-corrected chi connectivity index (χ0v) is 20.5. The van der Waals surface area contributed by atoms with E-state index in [0.717, 1.165) is 18.4 Å². The summed E-state index contributed by atoms with van der Waals surface area (Å²) in [6.07, 6.45) is 1.88. The lowest BCUT2D eigenvalue weighted by Crippen LogP contribution is -2.49. The number of rotatable bonds is 10. The molecule has 6 heteroatoms. The van der Waals surface area contributed by atoms with Gasteiger partial charge in [0, 0.05) is 18.1 Å². The van der Waals surface area contributed by atoms with Gasteiger partial charge in [-0.2, -0.15) is 0 Å². The van der Waals surface area contributed by atoms with Gasteiger partial charge in [0.2, 0.25) is 5.91 Å². The lowest BCUT2D eigenvalue weighted by Gasteiger charge is -2.29. The van der Waals surface area contributed by atoms with E-state index < -0.39 is 6.04 Å². The van der Waals surface area contributed by atoms with Crippen LogP contribution < -0.4 is 10.1 Å². The molecule has 0 saturated carbocycles. The molecule has 1 atom stereocenters. The highest BCUT2D eigenvalue weighted by molar-refractivity contribution is 6.30. The van der Waals surface area contributed by atoms with Crippen LogP contribution >= 0.6 is 11.6 Å². The summed E-state index contributed by atoms with van der Waals surface area (Å²) in [6.45, 7) is 11.0. The number of hydrogen-bond donors (Lipinski definition) is 1. The van der Waals surface area contributed by atoms with Crippen molar-refractivity contribution in [2.24, 2.45) is 0 Å². The quantitative estimate of drug-likeness (QED) is 0.488. The zero-order valence-electron chi connectivity index (χ0n) is 19.8. The van der Waals surface area contributed by atoms with Crippen molar-refractivity contribution in [1.29, 1.82) is 0 Å². The number of hydrogen-bond acceptors (Lipinski definition) is 3. The summed E-state index contributed by atoms with van der Waals surface area (Å²) in [5.41, 5.74) is 2.09. The average Bonchev–Trinajstić information content (AvgIpc) is 2.75. The summed E-state index contributed by atoms with van der Waals surface area (Å²) in [5, 5.41) is 3.50. The summed E-state index contributed by atoms with van der Waals surface area (Å²) in [7, 11) is 0. The maximum atomic E-state index is 13.1. The van der Waals surface area contributed by atoms with Crippen molar-refractivity contribution >= 4 is 23.4 Å². The van der Waals surface area contributed by atoms with Gasteiger partial charge in [-0.1, -0.05) is 70.0 Å². The van der Waals surface area contributed by atoms with E-state index in [0.29, 0.717) is 17.3 Å². The summed E-state index contributed by atoms with van der Waals surface area (Å²) < 4.78 is 5.76. The maximum absolute atomic E-state index is 13.1. The fourth-order valence-corrected chi connectivity index (χ4v) is 3.44. The molecule has 0 spiro atoms. The molecule has 0 aliphatic rings.